The second-order valence-corrected chi connectivity index (χ2v) is 3.35. The zero-order valence-corrected chi connectivity index (χ0v) is 9.42. The minimum atomic E-state index is -0.0587. The molecule has 0 saturated carbocycles. The molecule has 82 valence electrons. The van der Waals surface area contributed by atoms with Crippen LogP contribution in [-0.2, 0) is 9.53 Å². The van der Waals surface area contributed by atoms with E-state index >= 15 is 0 Å². The summed E-state index contributed by atoms with van der Waals surface area (Å²) in [4.78, 5) is 10.9. The summed E-state index contributed by atoms with van der Waals surface area (Å²) in [5.74, 6) is -0.0587. The van der Waals surface area contributed by atoms with Gasteiger partial charge in [0.15, 0.2) is 0 Å². The van der Waals surface area contributed by atoms with Crippen molar-refractivity contribution >= 4 is 5.97 Å². The van der Waals surface area contributed by atoms with Gasteiger partial charge in [0.05, 0.1) is 6.61 Å². The van der Waals surface area contributed by atoms with E-state index in [0.29, 0.717) is 13.0 Å². The average Bonchev–Trinajstić information content (AvgIpc) is 2.17. The first kappa shape index (κ1) is 13.2. The minimum Gasteiger partial charge on any atom is -0.466 e. The van der Waals surface area contributed by atoms with E-state index in [9.17, 15) is 4.79 Å². The van der Waals surface area contributed by atoms with Crippen molar-refractivity contribution in [3.05, 3.63) is 12.2 Å². The Bertz CT molecular complexity index is 162. The van der Waals surface area contributed by atoms with Crippen LogP contribution in [-0.4, -0.2) is 12.6 Å². The van der Waals surface area contributed by atoms with Crippen LogP contribution in [0.1, 0.15) is 52.4 Å². The fraction of sp³-hybridized carbons (Fsp3) is 0.750. The van der Waals surface area contributed by atoms with Crippen molar-refractivity contribution < 1.29 is 9.53 Å². The Hall–Kier alpha value is -0.790. The maximum atomic E-state index is 10.9. The third-order valence-corrected chi connectivity index (χ3v) is 1.88. The Balaban J connectivity index is 3.13. The van der Waals surface area contributed by atoms with Gasteiger partial charge in [-0.05, 0) is 32.1 Å². The molecule has 0 amide bonds. The Labute approximate surface area is 87.3 Å². The molecule has 0 aliphatic heterocycles. The molecule has 0 N–H and O–H groups in total. The van der Waals surface area contributed by atoms with Crippen molar-refractivity contribution in [3.8, 4) is 0 Å². The van der Waals surface area contributed by atoms with Crippen LogP contribution in [0.4, 0.5) is 0 Å². The molecule has 2 heteroatoms. The fourth-order valence-electron chi connectivity index (χ4n) is 1.11. The van der Waals surface area contributed by atoms with Gasteiger partial charge in [-0.3, -0.25) is 4.79 Å². The number of carbonyl (C=O) groups excluding carboxylic acids is 1. The summed E-state index contributed by atoms with van der Waals surface area (Å²) in [7, 11) is 0. The number of carbonyl (C=O) groups is 1. The number of unbranched alkanes of at least 4 members (excludes halogenated alkanes) is 2. The monoisotopic (exact) mass is 198 g/mol. The van der Waals surface area contributed by atoms with Gasteiger partial charge in [0.1, 0.15) is 0 Å². The van der Waals surface area contributed by atoms with Gasteiger partial charge in [0, 0.05) is 6.42 Å². The Morgan fingerprint density at radius 3 is 2.64 bits per heavy atom. The second kappa shape index (κ2) is 10.3. The molecule has 14 heavy (non-hydrogen) atoms. The number of allylic oxidation sites excluding steroid dienone is 2. The van der Waals surface area contributed by atoms with Crippen LogP contribution in [0, 0.1) is 0 Å². The number of hydrogen-bond acceptors (Lipinski definition) is 2. The lowest BCUT2D eigenvalue weighted by atomic mass is 10.2. The fourth-order valence-corrected chi connectivity index (χ4v) is 1.11. The van der Waals surface area contributed by atoms with Crippen LogP contribution >= 0.6 is 0 Å². The summed E-state index contributed by atoms with van der Waals surface area (Å²) in [6.07, 6.45) is 10.1. The van der Waals surface area contributed by atoms with E-state index in [0.717, 1.165) is 32.1 Å². The predicted octanol–water partition coefficient (Wildman–Crippen LogP) is 3.47. The zero-order chi connectivity index (χ0) is 10.6. The molecule has 0 aliphatic rings. The molecular weight excluding hydrogens is 176 g/mol. The van der Waals surface area contributed by atoms with Gasteiger partial charge in [-0.25, -0.2) is 0 Å². The van der Waals surface area contributed by atoms with Crippen molar-refractivity contribution in [1.29, 1.82) is 0 Å². The molecule has 0 aromatic heterocycles. The van der Waals surface area contributed by atoms with Crippen molar-refractivity contribution in [1.82, 2.24) is 0 Å². The quantitative estimate of drug-likeness (QED) is 0.339. The number of rotatable bonds is 8. The van der Waals surface area contributed by atoms with E-state index in [4.69, 9.17) is 4.74 Å². The third kappa shape index (κ3) is 9.30. The predicted molar refractivity (Wildman–Crippen MR) is 59.1 cm³/mol. The lowest BCUT2D eigenvalue weighted by Crippen LogP contribution is -2.04. The normalized spacial score (nSPS) is 10.7. The van der Waals surface area contributed by atoms with Gasteiger partial charge in [-0.2, -0.15) is 0 Å². The van der Waals surface area contributed by atoms with E-state index in [1.165, 1.54) is 0 Å². The van der Waals surface area contributed by atoms with Gasteiger partial charge in [-0.15, -0.1) is 0 Å². The summed E-state index contributed by atoms with van der Waals surface area (Å²) in [6, 6.07) is 0. The van der Waals surface area contributed by atoms with Gasteiger partial charge in [0.2, 0.25) is 0 Å². The average molecular weight is 198 g/mol. The van der Waals surface area contributed by atoms with Crippen molar-refractivity contribution in [3.63, 3.8) is 0 Å². The maximum Gasteiger partial charge on any atom is 0.305 e. The minimum absolute atomic E-state index is 0.0587. The molecule has 0 heterocycles. The Kier molecular flexibility index (Phi) is 9.71. The topological polar surface area (TPSA) is 26.3 Å². The van der Waals surface area contributed by atoms with Crippen LogP contribution in [0.3, 0.4) is 0 Å². The molecule has 0 radical (unpaired) electrons. The highest BCUT2D eigenvalue weighted by molar-refractivity contribution is 5.69. The van der Waals surface area contributed by atoms with Crippen LogP contribution < -0.4 is 0 Å². The van der Waals surface area contributed by atoms with Crippen LogP contribution in [0.15, 0.2) is 12.2 Å². The van der Waals surface area contributed by atoms with Gasteiger partial charge in [-0.1, -0.05) is 26.0 Å². The van der Waals surface area contributed by atoms with Crippen molar-refractivity contribution in [2.45, 2.75) is 52.4 Å². The van der Waals surface area contributed by atoms with E-state index in [-0.39, 0.29) is 5.97 Å². The first-order valence-corrected chi connectivity index (χ1v) is 5.61. The molecule has 0 aliphatic carbocycles. The lowest BCUT2D eigenvalue weighted by molar-refractivity contribution is -0.143. The molecule has 0 fully saturated rings. The van der Waals surface area contributed by atoms with E-state index in [2.05, 4.69) is 19.1 Å². The van der Waals surface area contributed by atoms with E-state index < -0.39 is 0 Å². The smallest absolute Gasteiger partial charge is 0.305 e. The summed E-state index contributed by atoms with van der Waals surface area (Å²) in [6.45, 7) is 4.69. The standard InChI is InChI=1S/C12H22O2/c1-3-5-6-7-8-9-11-14-12(13)10-4-2/h5-6H,3-4,7-11H2,1-2H3/b6-5-. The largest absolute Gasteiger partial charge is 0.466 e. The van der Waals surface area contributed by atoms with E-state index in [1.807, 2.05) is 6.92 Å². The molecule has 0 saturated heterocycles. The Morgan fingerprint density at radius 1 is 1.21 bits per heavy atom. The Morgan fingerprint density at radius 2 is 2.00 bits per heavy atom. The molecule has 0 spiro atoms. The zero-order valence-electron chi connectivity index (χ0n) is 9.42. The lowest BCUT2D eigenvalue weighted by Gasteiger charge is -2.02. The summed E-state index contributed by atoms with van der Waals surface area (Å²) < 4.78 is 5.03. The number of hydrogen-bond donors (Lipinski definition) is 0. The highest BCUT2D eigenvalue weighted by Crippen LogP contribution is 1.99. The summed E-state index contributed by atoms with van der Waals surface area (Å²) >= 11 is 0. The van der Waals surface area contributed by atoms with Crippen LogP contribution in [0.5, 0.6) is 0 Å². The molecule has 0 atom stereocenters. The molecule has 0 rings (SSSR count). The molecule has 0 aromatic rings. The van der Waals surface area contributed by atoms with Gasteiger partial charge >= 0.3 is 5.97 Å². The van der Waals surface area contributed by atoms with Crippen LogP contribution in [0.2, 0.25) is 0 Å². The van der Waals surface area contributed by atoms with Crippen LogP contribution in [0.25, 0.3) is 0 Å². The maximum absolute atomic E-state index is 10.9. The first-order valence-electron chi connectivity index (χ1n) is 5.61. The number of esters is 1. The molecule has 0 aromatic carbocycles. The van der Waals surface area contributed by atoms with Gasteiger partial charge < -0.3 is 4.74 Å². The van der Waals surface area contributed by atoms with Gasteiger partial charge in [0.25, 0.3) is 0 Å². The molecule has 0 bridgehead atoms. The highest BCUT2D eigenvalue weighted by Gasteiger charge is 1.98. The number of ether oxygens (including phenoxy) is 1. The molecule has 2 nitrogen and oxygen atoms in total. The summed E-state index contributed by atoms with van der Waals surface area (Å²) in [5.41, 5.74) is 0. The third-order valence-electron chi connectivity index (χ3n) is 1.88. The van der Waals surface area contributed by atoms with Crippen molar-refractivity contribution in [2.75, 3.05) is 6.61 Å². The first-order chi connectivity index (χ1) is 6.81. The SMILES string of the molecule is CC/C=C\CCCCOC(=O)CCC. The van der Waals surface area contributed by atoms with Crippen molar-refractivity contribution in [2.24, 2.45) is 0 Å². The second-order valence-electron chi connectivity index (χ2n) is 3.35. The molecule has 0 unspecified atom stereocenters. The highest BCUT2D eigenvalue weighted by atomic mass is 16.5. The van der Waals surface area contributed by atoms with E-state index in [1.54, 1.807) is 0 Å². The molecular formula is C12H22O2. The summed E-state index contributed by atoms with van der Waals surface area (Å²) in [5, 5.41) is 0.